The number of halogens is 1. The Morgan fingerprint density at radius 2 is 2.19 bits per heavy atom. The maximum absolute atomic E-state index is 11.9. The van der Waals surface area contributed by atoms with E-state index in [2.05, 4.69) is 16.0 Å². The van der Waals surface area contributed by atoms with Crippen molar-refractivity contribution in [3.05, 3.63) is 28.8 Å². The molecule has 7 nitrogen and oxygen atoms in total. The minimum Gasteiger partial charge on any atom is -0.375 e. The fourth-order valence-electron chi connectivity index (χ4n) is 1.92. The van der Waals surface area contributed by atoms with E-state index in [1.165, 1.54) is 7.05 Å². The summed E-state index contributed by atoms with van der Waals surface area (Å²) in [6.45, 7) is 0.729. The lowest BCUT2D eigenvalue weighted by atomic mass is 10.2. The van der Waals surface area contributed by atoms with Gasteiger partial charge in [-0.05, 0) is 18.2 Å². The Morgan fingerprint density at radius 3 is 2.81 bits per heavy atom. The van der Waals surface area contributed by atoms with Crippen LogP contribution in [0.25, 0.3) is 0 Å². The number of nitrogens with zero attached hydrogens (tertiary/aromatic N) is 1. The second-order valence-corrected chi connectivity index (χ2v) is 4.81. The molecule has 112 valence electrons. The van der Waals surface area contributed by atoms with E-state index in [0.717, 1.165) is 4.90 Å². The first-order valence-electron chi connectivity index (χ1n) is 6.36. The monoisotopic (exact) mass is 310 g/mol. The van der Waals surface area contributed by atoms with E-state index in [9.17, 15) is 14.4 Å². The fraction of sp³-hybridized carbons (Fsp3) is 0.308. The first kappa shape index (κ1) is 15.1. The van der Waals surface area contributed by atoms with E-state index in [1.54, 1.807) is 18.2 Å². The SMILES string of the molecule is CNC(=O)c1ccc(Cl)c(NCC(=O)N2CCNC2=O)c1. The zero-order valence-corrected chi connectivity index (χ0v) is 12.2. The van der Waals surface area contributed by atoms with Gasteiger partial charge in [-0.2, -0.15) is 0 Å². The molecule has 1 aromatic rings. The van der Waals surface area contributed by atoms with Gasteiger partial charge in [0.05, 0.1) is 17.3 Å². The summed E-state index contributed by atoms with van der Waals surface area (Å²) in [4.78, 5) is 35.9. The van der Waals surface area contributed by atoms with Crippen LogP contribution in [-0.2, 0) is 4.79 Å². The number of anilines is 1. The zero-order valence-electron chi connectivity index (χ0n) is 11.4. The molecular weight excluding hydrogens is 296 g/mol. The summed E-state index contributed by atoms with van der Waals surface area (Å²) in [5, 5.41) is 8.29. The molecule has 3 N–H and O–H groups in total. The molecule has 1 fully saturated rings. The van der Waals surface area contributed by atoms with Crippen LogP contribution >= 0.6 is 11.6 Å². The van der Waals surface area contributed by atoms with Crippen LogP contribution in [0.1, 0.15) is 10.4 Å². The third-order valence-electron chi connectivity index (χ3n) is 3.04. The molecule has 8 heteroatoms. The van der Waals surface area contributed by atoms with Crippen LogP contribution in [0.2, 0.25) is 5.02 Å². The lowest BCUT2D eigenvalue weighted by Crippen LogP contribution is -2.38. The lowest BCUT2D eigenvalue weighted by molar-refractivity contribution is -0.125. The van der Waals surface area contributed by atoms with Crippen LogP contribution in [0.5, 0.6) is 0 Å². The minimum atomic E-state index is -0.396. The highest BCUT2D eigenvalue weighted by atomic mass is 35.5. The predicted octanol–water partition coefficient (Wildman–Crippen LogP) is 0.663. The number of benzene rings is 1. The van der Waals surface area contributed by atoms with Crippen LogP contribution in [0.15, 0.2) is 18.2 Å². The van der Waals surface area contributed by atoms with E-state index < -0.39 is 6.03 Å². The molecule has 1 saturated heterocycles. The first-order chi connectivity index (χ1) is 10.0. The summed E-state index contributed by atoms with van der Waals surface area (Å²) < 4.78 is 0. The Hall–Kier alpha value is -2.28. The lowest BCUT2D eigenvalue weighted by Gasteiger charge is -2.14. The van der Waals surface area contributed by atoms with Crippen molar-refractivity contribution in [3.8, 4) is 0 Å². The van der Waals surface area contributed by atoms with Crippen LogP contribution in [0.4, 0.5) is 10.5 Å². The van der Waals surface area contributed by atoms with Gasteiger partial charge in [0, 0.05) is 25.7 Å². The largest absolute Gasteiger partial charge is 0.375 e. The van der Waals surface area contributed by atoms with Gasteiger partial charge in [-0.25, -0.2) is 4.79 Å². The molecule has 1 aliphatic rings. The number of nitrogens with one attached hydrogen (secondary N) is 3. The van der Waals surface area contributed by atoms with E-state index >= 15 is 0 Å². The molecule has 2 rings (SSSR count). The second-order valence-electron chi connectivity index (χ2n) is 4.40. The zero-order chi connectivity index (χ0) is 15.4. The summed E-state index contributed by atoms with van der Waals surface area (Å²) in [6, 6.07) is 4.31. The molecule has 0 saturated carbocycles. The first-order valence-corrected chi connectivity index (χ1v) is 6.74. The highest BCUT2D eigenvalue weighted by molar-refractivity contribution is 6.33. The predicted molar refractivity (Wildman–Crippen MR) is 78.4 cm³/mol. The normalized spacial score (nSPS) is 13.8. The fourth-order valence-corrected chi connectivity index (χ4v) is 2.11. The molecule has 1 aromatic carbocycles. The Labute approximate surface area is 126 Å². The Bertz CT molecular complexity index is 591. The standard InChI is InChI=1S/C13H15ClN4O3/c1-15-12(20)8-2-3-9(14)10(6-8)17-7-11(19)18-5-4-16-13(18)21/h2-3,6,17H,4-5,7H2,1H3,(H,15,20)(H,16,21). The number of hydrogen-bond donors (Lipinski definition) is 3. The number of carbonyl (C=O) groups is 3. The van der Waals surface area contributed by atoms with E-state index in [4.69, 9.17) is 11.6 Å². The molecule has 0 aromatic heterocycles. The van der Waals surface area contributed by atoms with Crippen molar-refractivity contribution in [3.63, 3.8) is 0 Å². The molecule has 0 radical (unpaired) electrons. The molecule has 0 unspecified atom stereocenters. The van der Waals surface area contributed by atoms with Crippen LogP contribution in [0.3, 0.4) is 0 Å². The third-order valence-corrected chi connectivity index (χ3v) is 3.37. The molecule has 1 aliphatic heterocycles. The Balaban J connectivity index is 2.04. The average Bonchev–Trinajstić information content (AvgIpc) is 2.91. The van der Waals surface area contributed by atoms with Gasteiger partial charge in [-0.15, -0.1) is 0 Å². The Kier molecular flexibility index (Phi) is 4.64. The number of hydrogen-bond acceptors (Lipinski definition) is 4. The minimum absolute atomic E-state index is 0.0790. The van der Waals surface area contributed by atoms with Crippen molar-refractivity contribution in [2.45, 2.75) is 0 Å². The van der Waals surface area contributed by atoms with Crippen LogP contribution in [0, 0.1) is 0 Å². The van der Waals surface area contributed by atoms with Crippen molar-refractivity contribution in [2.24, 2.45) is 0 Å². The summed E-state index contributed by atoms with van der Waals surface area (Å²) in [7, 11) is 1.53. The van der Waals surface area contributed by atoms with Gasteiger partial charge in [0.25, 0.3) is 5.91 Å². The number of carbonyl (C=O) groups excluding carboxylic acids is 3. The van der Waals surface area contributed by atoms with Crippen molar-refractivity contribution >= 4 is 35.1 Å². The quantitative estimate of drug-likeness (QED) is 0.762. The molecule has 0 aliphatic carbocycles. The van der Waals surface area contributed by atoms with Gasteiger partial charge in [0.1, 0.15) is 0 Å². The van der Waals surface area contributed by atoms with Gasteiger partial charge in [0.2, 0.25) is 5.91 Å². The number of urea groups is 1. The maximum atomic E-state index is 11.9. The smallest absolute Gasteiger partial charge is 0.324 e. The van der Waals surface area contributed by atoms with E-state index in [-0.39, 0.29) is 18.4 Å². The average molecular weight is 311 g/mol. The number of rotatable bonds is 4. The van der Waals surface area contributed by atoms with Crippen LogP contribution in [-0.4, -0.2) is 49.4 Å². The van der Waals surface area contributed by atoms with Gasteiger partial charge in [-0.3, -0.25) is 14.5 Å². The maximum Gasteiger partial charge on any atom is 0.324 e. The van der Waals surface area contributed by atoms with Crippen LogP contribution < -0.4 is 16.0 Å². The highest BCUT2D eigenvalue weighted by Gasteiger charge is 2.25. The Morgan fingerprint density at radius 1 is 1.43 bits per heavy atom. The molecule has 0 bridgehead atoms. The molecule has 1 heterocycles. The molecule has 21 heavy (non-hydrogen) atoms. The van der Waals surface area contributed by atoms with Crippen molar-refractivity contribution in [1.29, 1.82) is 0 Å². The number of amides is 4. The molecule has 4 amide bonds. The van der Waals surface area contributed by atoms with Gasteiger partial charge >= 0.3 is 6.03 Å². The van der Waals surface area contributed by atoms with Gasteiger partial charge < -0.3 is 16.0 Å². The summed E-state index contributed by atoms with van der Waals surface area (Å²) in [5.74, 6) is -0.605. The summed E-state index contributed by atoms with van der Waals surface area (Å²) >= 11 is 6.02. The molecule has 0 spiro atoms. The van der Waals surface area contributed by atoms with Gasteiger partial charge in [0.15, 0.2) is 0 Å². The van der Waals surface area contributed by atoms with Crippen molar-refractivity contribution in [1.82, 2.24) is 15.5 Å². The van der Waals surface area contributed by atoms with Crippen molar-refractivity contribution < 1.29 is 14.4 Å². The highest BCUT2D eigenvalue weighted by Crippen LogP contribution is 2.23. The summed E-state index contributed by atoms with van der Waals surface area (Å²) in [6.07, 6.45) is 0. The number of imide groups is 1. The molecular formula is C13H15ClN4O3. The second kappa shape index (κ2) is 6.45. The molecule has 0 atom stereocenters. The van der Waals surface area contributed by atoms with Crippen molar-refractivity contribution in [2.75, 3.05) is 32.0 Å². The summed E-state index contributed by atoms with van der Waals surface area (Å²) in [5.41, 5.74) is 0.890. The van der Waals surface area contributed by atoms with Gasteiger partial charge in [-0.1, -0.05) is 11.6 Å². The van der Waals surface area contributed by atoms with E-state index in [1.807, 2.05) is 0 Å². The topological polar surface area (TPSA) is 90.5 Å². The third kappa shape index (κ3) is 3.43. The van der Waals surface area contributed by atoms with E-state index in [0.29, 0.717) is 29.4 Å².